The van der Waals surface area contributed by atoms with Crippen LogP contribution in [0.15, 0.2) is 12.1 Å². The first kappa shape index (κ1) is 16.9. The van der Waals surface area contributed by atoms with Gasteiger partial charge < -0.3 is 0 Å². The molecule has 1 saturated carbocycles. The maximum Gasteiger partial charge on any atom is 0.192 e. The molecule has 0 amide bonds. The molecule has 23 heavy (non-hydrogen) atoms. The number of nitrogens with zero attached hydrogens (tertiary/aromatic N) is 2. The van der Waals surface area contributed by atoms with Gasteiger partial charge in [-0.15, -0.1) is 11.3 Å². The van der Waals surface area contributed by atoms with Gasteiger partial charge in [-0.1, -0.05) is 64.6 Å². The quantitative estimate of drug-likeness (QED) is 0.709. The van der Waals surface area contributed by atoms with E-state index in [0.717, 1.165) is 17.6 Å². The third kappa shape index (κ3) is 4.79. The van der Waals surface area contributed by atoms with E-state index in [1.807, 2.05) is 0 Å². The van der Waals surface area contributed by atoms with Crippen LogP contribution >= 0.6 is 11.3 Å². The van der Waals surface area contributed by atoms with E-state index >= 15 is 0 Å². The number of aromatic nitrogens is 2. The highest BCUT2D eigenvalue weighted by Gasteiger charge is 2.15. The predicted octanol–water partition coefficient (Wildman–Crippen LogP) is 5.19. The molecule has 0 atom stereocenters. The van der Waals surface area contributed by atoms with E-state index in [1.54, 1.807) is 11.3 Å². The van der Waals surface area contributed by atoms with Gasteiger partial charge in [-0.3, -0.25) is 4.98 Å². The Bertz CT molecular complexity index is 598. The van der Waals surface area contributed by atoms with Crippen LogP contribution < -0.4 is 4.91 Å². The minimum Gasteiger partial charge on any atom is -0.250 e. The van der Waals surface area contributed by atoms with Crippen LogP contribution in [-0.2, 0) is 0 Å². The van der Waals surface area contributed by atoms with E-state index < -0.39 is 0 Å². The molecular weight excluding hydrogens is 299 g/mol. The molecule has 124 valence electrons. The molecule has 0 bridgehead atoms. The summed E-state index contributed by atoms with van der Waals surface area (Å²) in [4.78, 5) is 12.0. The van der Waals surface area contributed by atoms with Crippen molar-refractivity contribution in [3.63, 3.8) is 0 Å². The van der Waals surface area contributed by atoms with Gasteiger partial charge in [-0.2, -0.15) is 0 Å². The molecule has 0 unspecified atom stereocenters. The summed E-state index contributed by atoms with van der Waals surface area (Å²) in [7, 11) is 1.01. The summed E-state index contributed by atoms with van der Waals surface area (Å²) in [5.41, 5.74) is 2.41. The summed E-state index contributed by atoms with van der Waals surface area (Å²) in [6, 6.07) is 4.45. The van der Waals surface area contributed by atoms with E-state index in [4.69, 9.17) is 4.98 Å². The summed E-state index contributed by atoms with van der Waals surface area (Å²) in [5, 5.41) is 0. The van der Waals surface area contributed by atoms with E-state index in [-0.39, 0.29) is 0 Å². The zero-order chi connectivity index (χ0) is 15.9. The lowest BCUT2D eigenvalue weighted by atomic mass is 9.84. The van der Waals surface area contributed by atoms with Crippen LogP contribution in [-0.4, -0.2) is 17.2 Å². The van der Waals surface area contributed by atoms with Crippen molar-refractivity contribution in [3.8, 4) is 0 Å². The fourth-order valence-electron chi connectivity index (χ4n) is 3.71. The van der Waals surface area contributed by atoms with E-state index in [2.05, 4.69) is 23.9 Å². The summed E-state index contributed by atoms with van der Waals surface area (Å²) in [6.45, 7) is 2.17. The Morgan fingerprint density at radius 3 is 2.09 bits per heavy atom. The highest BCUT2D eigenvalue weighted by atomic mass is 32.1. The molecule has 2 aromatic rings. The van der Waals surface area contributed by atoms with E-state index in [0.29, 0.717) is 5.92 Å². The van der Waals surface area contributed by atoms with Crippen molar-refractivity contribution in [1.29, 1.82) is 0 Å². The van der Waals surface area contributed by atoms with Gasteiger partial charge in [0, 0.05) is 11.6 Å². The molecule has 0 N–H and O–H groups in total. The number of fused-ring (bicyclic) bond motifs is 1. The smallest absolute Gasteiger partial charge is 0.192 e. The van der Waals surface area contributed by atoms with Crippen LogP contribution in [0.4, 0.5) is 0 Å². The third-order valence-electron chi connectivity index (χ3n) is 5.15. The highest BCUT2D eigenvalue weighted by Crippen LogP contribution is 2.29. The van der Waals surface area contributed by atoms with E-state index in [1.165, 1.54) is 81.2 Å². The van der Waals surface area contributed by atoms with Crippen molar-refractivity contribution in [2.75, 3.05) is 0 Å². The molecule has 1 aliphatic rings. The minimum absolute atomic E-state index is 0.658. The van der Waals surface area contributed by atoms with Gasteiger partial charge >= 0.3 is 0 Å². The lowest BCUT2D eigenvalue weighted by Gasteiger charge is -2.17. The SMILES string of the molecule is CBc1nc2ccc(C3CCCCCCCCCCC3)nc2s1. The maximum absolute atomic E-state index is 4.99. The van der Waals surface area contributed by atoms with Gasteiger partial charge in [0.25, 0.3) is 0 Å². The molecule has 2 nitrogen and oxygen atoms in total. The molecule has 1 aliphatic carbocycles. The first-order chi connectivity index (χ1) is 11.4. The van der Waals surface area contributed by atoms with Crippen LogP contribution in [0.25, 0.3) is 10.3 Å². The van der Waals surface area contributed by atoms with Crippen LogP contribution in [0, 0.1) is 0 Å². The lowest BCUT2D eigenvalue weighted by molar-refractivity contribution is 0.463. The second-order valence-corrected chi connectivity index (χ2v) is 8.04. The Labute approximate surface area is 145 Å². The molecule has 2 aromatic heterocycles. The maximum atomic E-state index is 4.99. The number of pyridine rings is 1. The topological polar surface area (TPSA) is 25.8 Å². The van der Waals surface area contributed by atoms with Gasteiger partial charge in [0.2, 0.25) is 0 Å². The Kier molecular flexibility index (Phi) is 6.50. The molecular formula is C19H29BN2S. The number of thiazole rings is 1. The number of rotatable bonds is 2. The first-order valence-electron chi connectivity index (χ1n) is 9.63. The minimum atomic E-state index is 0.658. The van der Waals surface area contributed by atoms with Gasteiger partial charge in [-0.05, 0) is 25.0 Å². The zero-order valence-electron chi connectivity index (χ0n) is 14.5. The second-order valence-electron chi connectivity index (χ2n) is 6.98. The molecule has 1 fully saturated rings. The van der Waals surface area contributed by atoms with Crippen molar-refractivity contribution in [2.45, 2.75) is 83.4 Å². The average Bonchev–Trinajstić information content (AvgIpc) is 2.97. The molecule has 0 saturated heterocycles. The Balaban J connectivity index is 1.72. The molecule has 3 rings (SSSR count). The fourth-order valence-corrected chi connectivity index (χ4v) is 4.59. The summed E-state index contributed by atoms with van der Waals surface area (Å²) in [5.74, 6) is 0.658. The molecule has 0 aliphatic heterocycles. The van der Waals surface area contributed by atoms with Crippen molar-refractivity contribution in [1.82, 2.24) is 9.97 Å². The standard InChI is InChI=1S/C19H29BN2S/c1-20-19-22-17-14-13-16(21-18(17)23-19)15-11-9-7-5-3-2-4-6-8-10-12-15/h13-15,20H,2-12H2,1H3. The van der Waals surface area contributed by atoms with Gasteiger partial charge in [-0.25, -0.2) is 4.98 Å². The largest absolute Gasteiger partial charge is 0.250 e. The number of hydrogen-bond donors (Lipinski definition) is 0. The molecule has 2 heterocycles. The Hall–Kier alpha value is -0.895. The molecule has 0 radical (unpaired) electrons. The van der Waals surface area contributed by atoms with Crippen LogP contribution in [0.3, 0.4) is 0 Å². The average molecular weight is 328 g/mol. The fraction of sp³-hybridized carbons (Fsp3) is 0.684. The third-order valence-corrected chi connectivity index (χ3v) is 6.26. The van der Waals surface area contributed by atoms with Gasteiger partial charge in [0.1, 0.15) is 4.83 Å². The van der Waals surface area contributed by atoms with Crippen molar-refractivity contribution in [3.05, 3.63) is 17.8 Å². The van der Waals surface area contributed by atoms with Crippen molar-refractivity contribution < 1.29 is 0 Å². The normalized spacial score (nSPS) is 19.2. The summed E-state index contributed by atoms with van der Waals surface area (Å²) < 4.78 is 0. The van der Waals surface area contributed by atoms with Crippen molar-refractivity contribution >= 4 is 33.9 Å². The molecule has 0 spiro atoms. The van der Waals surface area contributed by atoms with Crippen LogP contribution in [0.2, 0.25) is 6.82 Å². The Morgan fingerprint density at radius 2 is 1.48 bits per heavy atom. The van der Waals surface area contributed by atoms with E-state index in [9.17, 15) is 0 Å². The number of hydrogen-bond acceptors (Lipinski definition) is 3. The summed E-state index contributed by atoms with van der Waals surface area (Å²) in [6.07, 6.45) is 15.4. The molecule has 4 heteroatoms. The van der Waals surface area contributed by atoms with Crippen molar-refractivity contribution in [2.24, 2.45) is 0 Å². The highest BCUT2D eigenvalue weighted by molar-refractivity contribution is 7.26. The monoisotopic (exact) mass is 328 g/mol. The summed E-state index contributed by atoms with van der Waals surface area (Å²) >= 11 is 1.78. The van der Waals surface area contributed by atoms with Crippen LogP contribution in [0.5, 0.6) is 0 Å². The van der Waals surface area contributed by atoms with Gasteiger partial charge in [0.15, 0.2) is 7.28 Å². The predicted molar refractivity (Wildman–Crippen MR) is 104 cm³/mol. The molecule has 0 aromatic carbocycles. The Morgan fingerprint density at radius 1 is 0.870 bits per heavy atom. The zero-order valence-corrected chi connectivity index (χ0v) is 15.3. The van der Waals surface area contributed by atoms with Gasteiger partial charge in [0.05, 0.1) is 10.4 Å². The lowest BCUT2D eigenvalue weighted by Crippen LogP contribution is -2.07. The first-order valence-corrected chi connectivity index (χ1v) is 10.4. The second kappa shape index (κ2) is 8.82. The van der Waals surface area contributed by atoms with Crippen LogP contribution in [0.1, 0.15) is 82.2 Å².